The molecule has 0 radical (unpaired) electrons. The lowest BCUT2D eigenvalue weighted by Gasteiger charge is -2.39. The van der Waals surface area contributed by atoms with Crippen LogP contribution < -0.4 is 0 Å². The minimum atomic E-state index is -0.483. The quantitative estimate of drug-likeness (QED) is 0.622. The van der Waals surface area contributed by atoms with Gasteiger partial charge >= 0.3 is 5.97 Å². The van der Waals surface area contributed by atoms with Gasteiger partial charge in [0, 0.05) is 19.2 Å². The Labute approximate surface area is 184 Å². The largest absolute Gasteiger partial charge is 0.456 e. The Kier molecular flexibility index (Phi) is 5.04. The third kappa shape index (κ3) is 3.38. The predicted molar refractivity (Wildman–Crippen MR) is 111 cm³/mol. The molecule has 2 aromatic rings. The number of carbonyl (C=O) groups excluding carboxylic acids is 2. The average Bonchev–Trinajstić information content (AvgIpc) is 3.52. The van der Waals surface area contributed by atoms with Crippen molar-refractivity contribution in [3.63, 3.8) is 0 Å². The number of tetrazole rings is 1. The van der Waals surface area contributed by atoms with Gasteiger partial charge in [0.05, 0.1) is 22.4 Å². The lowest BCUT2D eigenvalue weighted by molar-refractivity contribution is -0.138. The van der Waals surface area contributed by atoms with Gasteiger partial charge in [0.2, 0.25) is 5.91 Å². The normalized spacial score (nSPS) is 20.9. The molecule has 5 heterocycles. The van der Waals surface area contributed by atoms with Gasteiger partial charge in [0.1, 0.15) is 12.9 Å². The summed E-state index contributed by atoms with van der Waals surface area (Å²) in [6.07, 6.45) is 5.66. The van der Waals surface area contributed by atoms with Gasteiger partial charge in [0.15, 0.2) is 5.82 Å². The molecule has 32 heavy (non-hydrogen) atoms. The summed E-state index contributed by atoms with van der Waals surface area (Å²) in [6.45, 7) is 6.40. The number of amides is 1. The third-order valence-corrected chi connectivity index (χ3v) is 6.76. The van der Waals surface area contributed by atoms with Crippen LogP contribution in [-0.2, 0) is 20.7 Å². The maximum atomic E-state index is 13.4. The number of likely N-dealkylation sites (tertiary alicyclic amines) is 1. The van der Waals surface area contributed by atoms with Crippen molar-refractivity contribution in [3.05, 3.63) is 47.2 Å². The monoisotopic (exact) mass is 436 g/mol. The van der Waals surface area contributed by atoms with Crippen LogP contribution in [0.5, 0.6) is 0 Å². The maximum absolute atomic E-state index is 13.4. The van der Waals surface area contributed by atoms with Crippen LogP contribution in [0.15, 0.2) is 41.5 Å². The first-order valence-electron chi connectivity index (χ1n) is 10.7. The number of carbonyl (C=O) groups is 2. The highest BCUT2D eigenvalue weighted by Crippen LogP contribution is 2.46. The van der Waals surface area contributed by atoms with E-state index in [1.54, 1.807) is 11.8 Å². The molecule has 5 rings (SSSR count). The van der Waals surface area contributed by atoms with Gasteiger partial charge < -0.3 is 9.64 Å². The summed E-state index contributed by atoms with van der Waals surface area (Å²) in [5, 5.41) is 19.4. The lowest BCUT2D eigenvalue weighted by Crippen LogP contribution is -2.46. The zero-order valence-corrected chi connectivity index (χ0v) is 18.1. The Hall–Kier alpha value is -3.47. The molecule has 0 bridgehead atoms. The van der Waals surface area contributed by atoms with E-state index in [1.165, 1.54) is 11.0 Å². The van der Waals surface area contributed by atoms with Crippen molar-refractivity contribution in [2.75, 3.05) is 26.2 Å². The van der Waals surface area contributed by atoms with Gasteiger partial charge in [-0.1, -0.05) is 0 Å². The molecule has 0 aliphatic carbocycles. The second-order valence-electron chi connectivity index (χ2n) is 8.45. The van der Waals surface area contributed by atoms with Gasteiger partial charge in [0.25, 0.3) is 0 Å². The van der Waals surface area contributed by atoms with Crippen LogP contribution in [0.1, 0.15) is 32.4 Å². The van der Waals surface area contributed by atoms with Gasteiger partial charge in [-0.2, -0.15) is 9.78 Å². The lowest BCUT2D eigenvalue weighted by atomic mass is 9.74. The van der Waals surface area contributed by atoms with Crippen molar-refractivity contribution in [2.45, 2.75) is 33.1 Å². The Morgan fingerprint density at radius 1 is 1.12 bits per heavy atom. The highest BCUT2D eigenvalue weighted by Gasteiger charge is 2.50. The van der Waals surface area contributed by atoms with E-state index in [9.17, 15) is 9.59 Å². The van der Waals surface area contributed by atoms with E-state index < -0.39 is 5.41 Å². The molecule has 11 heteroatoms. The molecule has 3 aliphatic heterocycles. The Balaban J connectivity index is 1.19. The highest BCUT2D eigenvalue weighted by atomic mass is 16.5. The maximum Gasteiger partial charge on any atom is 0.336 e. The minimum absolute atomic E-state index is 0.0614. The Morgan fingerprint density at radius 3 is 2.56 bits per heavy atom. The second kappa shape index (κ2) is 7.90. The Morgan fingerprint density at radius 2 is 1.94 bits per heavy atom. The summed E-state index contributed by atoms with van der Waals surface area (Å²) in [5.74, 6) is 0.292. The number of hydrogen-bond donors (Lipinski definition) is 0. The fourth-order valence-electron chi connectivity index (χ4n) is 4.61. The number of aromatic nitrogens is 6. The van der Waals surface area contributed by atoms with Crippen LogP contribution in [0.2, 0.25) is 0 Å². The van der Waals surface area contributed by atoms with E-state index in [2.05, 4.69) is 30.6 Å². The molecule has 0 saturated carbocycles. The van der Waals surface area contributed by atoms with E-state index in [1.807, 2.05) is 25.3 Å². The molecule has 0 N–H and O–H groups in total. The summed E-state index contributed by atoms with van der Waals surface area (Å²) >= 11 is 0. The van der Waals surface area contributed by atoms with Crippen LogP contribution in [0.25, 0.3) is 5.82 Å². The van der Waals surface area contributed by atoms with Crippen LogP contribution in [-0.4, -0.2) is 78.3 Å². The SMILES string of the molecule is CC1=CN(C2=C(C)C(=O)OC2)C(=O)C12CCN(CCc1ccc(-n3cnnn3)nn1)CC2. The highest BCUT2D eigenvalue weighted by molar-refractivity contribution is 5.96. The molecule has 0 aromatic carbocycles. The molecule has 1 spiro atoms. The van der Waals surface area contributed by atoms with E-state index in [4.69, 9.17) is 4.74 Å². The molecular formula is C21H24N8O3. The molecule has 1 fully saturated rings. The fraction of sp³-hybridized carbons (Fsp3) is 0.476. The first-order valence-corrected chi connectivity index (χ1v) is 10.7. The molecule has 1 amide bonds. The van der Waals surface area contributed by atoms with Gasteiger partial charge in [-0.3, -0.25) is 9.69 Å². The first kappa shape index (κ1) is 20.4. The van der Waals surface area contributed by atoms with Crippen molar-refractivity contribution >= 4 is 11.9 Å². The van der Waals surface area contributed by atoms with Gasteiger partial charge in [-0.15, -0.1) is 10.2 Å². The van der Waals surface area contributed by atoms with E-state index >= 15 is 0 Å². The van der Waals surface area contributed by atoms with Crippen LogP contribution in [0, 0.1) is 5.41 Å². The summed E-state index contributed by atoms with van der Waals surface area (Å²) in [5.41, 5.74) is 2.66. The number of rotatable bonds is 5. The minimum Gasteiger partial charge on any atom is -0.456 e. The molecule has 11 nitrogen and oxygen atoms in total. The molecule has 0 unspecified atom stereocenters. The summed E-state index contributed by atoms with van der Waals surface area (Å²) in [4.78, 5) is 29.1. The average molecular weight is 436 g/mol. The van der Waals surface area contributed by atoms with Crippen LogP contribution >= 0.6 is 0 Å². The van der Waals surface area contributed by atoms with Crippen molar-refractivity contribution in [1.82, 2.24) is 40.2 Å². The smallest absolute Gasteiger partial charge is 0.336 e. The summed E-state index contributed by atoms with van der Waals surface area (Å²) in [7, 11) is 0. The molecule has 0 atom stereocenters. The van der Waals surface area contributed by atoms with E-state index in [-0.39, 0.29) is 18.5 Å². The van der Waals surface area contributed by atoms with Crippen LogP contribution in [0.4, 0.5) is 0 Å². The fourth-order valence-corrected chi connectivity index (χ4v) is 4.61. The Bertz CT molecular complexity index is 1100. The predicted octanol–water partition coefficient (Wildman–Crippen LogP) is 0.654. The van der Waals surface area contributed by atoms with Gasteiger partial charge in [-0.25, -0.2) is 4.79 Å². The number of hydrogen-bond acceptors (Lipinski definition) is 9. The number of nitrogens with zero attached hydrogens (tertiary/aromatic N) is 8. The van der Waals surface area contributed by atoms with Crippen molar-refractivity contribution < 1.29 is 14.3 Å². The van der Waals surface area contributed by atoms with Crippen molar-refractivity contribution in [2.24, 2.45) is 5.41 Å². The number of ether oxygens (including phenoxy) is 1. The number of cyclic esters (lactones) is 1. The second-order valence-corrected chi connectivity index (χ2v) is 8.45. The standard InChI is InChI=1S/C21H24N8O3/c1-14-11-28(17-12-32-19(30)15(17)2)20(31)21(14)6-9-27(10-7-21)8-5-16-3-4-18(24-23-16)29-13-22-25-26-29/h3-4,11,13H,5-10,12H2,1-2H3. The van der Waals surface area contributed by atoms with Crippen LogP contribution in [0.3, 0.4) is 0 Å². The zero-order valence-electron chi connectivity index (χ0n) is 18.1. The van der Waals surface area contributed by atoms with Crippen molar-refractivity contribution in [3.8, 4) is 5.82 Å². The molecule has 2 aromatic heterocycles. The molecule has 3 aliphatic rings. The molecular weight excluding hydrogens is 412 g/mol. The summed E-state index contributed by atoms with van der Waals surface area (Å²) < 4.78 is 6.56. The number of piperidine rings is 1. The van der Waals surface area contributed by atoms with E-state index in [0.717, 1.165) is 50.2 Å². The topological polar surface area (TPSA) is 119 Å². The molecule has 1 saturated heterocycles. The first-order chi connectivity index (χ1) is 15.5. The molecule has 166 valence electrons. The van der Waals surface area contributed by atoms with Gasteiger partial charge in [-0.05, 0) is 67.9 Å². The number of esters is 1. The van der Waals surface area contributed by atoms with Crippen molar-refractivity contribution in [1.29, 1.82) is 0 Å². The summed E-state index contributed by atoms with van der Waals surface area (Å²) in [6, 6.07) is 3.78. The van der Waals surface area contributed by atoms with E-state index in [0.29, 0.717) is 17.1 Å². The third-order valence-electron chi connectivity index (χ3n) is 6.76. The zero-order chi connectivity index (χ0) is 22.3.